The van der Waals surface area contributed by atoms with Crippen LogP contribution in [0.3, 0.4) is 0 Å². The maximum Gasteiger partial charge on any atom is 0.405 e. The number of rotatable bonds is 4. The van der Waals surface area contributed by atoms with E-state index < -0.39 is 25.7 Å². The lowest BCUT2D eigenvalue weighted by molar-refractivity contribution is -0.138. The molecule has 0 radical (unpaired) electrons. The Labute approximate surface area is 159 Å². The predicted molar refractivity (Wildman–Crippen MR) is 102 cm³/mol. The Hall–Kier alpha value is -2.53. The second-order valence-electron chi connectivity index (χ2n) is 6.92. The van der Waals surface area contributed by atoms with E-state index in [4.69, 9.17) is 0 Å². The predicted octanol–water partition coefficient (Wildman–Crippen LogP) is 5.19. The van der Waals surface area contributed by atoms with Gasteiger partial charge in [0.25, 0.3) is 0 Å². The summed E-state index contributed by atoms with van der Waals surface area (Å²) in [6.45, 7) is -1.20. The number of aromatic amines is 1. The average molecular weight is 408 g/mol. The van der Waals surface area contributed by atoms with Gasteiger partial charge in [-0.15, -0.1) is 0 Å². The lowest BCUT2D eigenvalue weighted by atomic mass is 10.0. The molecule has 0 bridgehead atoms. The van der Waals surface area contributed by atoms with Gasteiger partial charge < -0.3 is 14.4 Å². The molecule has 4 rings (SSSR count). The highest BCUT2D eigenvalue weighted by Crippen LogP contribution is 2.51. The van der Waals surface area contributed by atoms with Gasteiger partial charge in [0.2, 0.25) is 0 Å². The topological polar surface area (TPSA) is 36.1 Å². The van der Waals surface area contributed by atoms with Crippen LogP contribution in [0.25, 0.3) is 10.9 Å². The molecule has 0 fully saturated rings. The van der Waals surface area contributed by atoms with Crippen LogP contribution in [0.15, 0.2) is 60.7 Å². The van der Waals surface area contributed by atoms with Gasteiger partial charge >= 0.3 is 6.18 Å². The van der Waals surface area contributed by atoms with Crippen molar-refractivity contribution < 1.29 is 22.1 Å². The Balaban J connectivity index is 1.62. The highest BCUT2D eigenvalue weighted by atomic mass is 31.2. The molecule has 1 N–H and O–H groups in total. The minimum atomic E-state index is -4.41. The molecule has 0 amide bonds. The Morgan fingerprint density at radius 3 is 2.75 bits per heavy atom. The quantitative estimate of drug-likeness (QED) is 0.476. The summed E-state index contributed by atoms with van der Waals surface area (Å²) in [7, 11) is -3.41. The number of nitrogens with zero attached hydrogens (tertiary/aromatic N) is 1. The van der Waals surface area contributed by atoms with Crippen molar-refractivity contribution in [3.63, 3.8) is 0 Å². The van der Waals surface area contributed by atoms with E-state index >= 15 is 0 Å². The van der Waals surface area contributed by atoms with Crippen LogP contribution in [0.2, 0.25) is 0 Å². The van der Waals surface area contributed by atoms with Crippen LogP contribution < -0.4 is 5.30 Å². The highest BCUT2D eigenvalue weighted by Gasteiger charge is 2.37. The molecule has 28 heavy (non-hydrogen) atoms. The number of halogens is 4. The van der Waals surface area contributed by atoms with E-state index in [0.717, 1.165) is 33.1 Å². The Bertz CT molecular complexity index is 1100. The Morgan fingerprint density at radius 2 is 1.96 bits per heavy atom. The summed E-state index contributed by atoms with van der Waals surface area (Å²) in [5.74, 6) is 0.554. The number of nitrogens with one attached hydrogen (secondary N) is 1. The minimum Gasteiger partial charge on any atom is -0.361 e. The lowest BCUT2D eigenvalue weighted by Gasteiger charge is -2.20. The SMILES string of the molecule is O=P1(c2cc(Cc3cccc4[nH]ccc34)ccc2F)C=CN(CC(F)(F)F)C1. The fourth-order valence-electron chi connectivity index (χ4n) is 3.54. The van der Waals surface area contributed by atoms with Crippen LogP contribution in [-0.4, -0.2) is 28.9 Å². The summed E-state index contributed by atoms with van der Waals surface area (Å²) in [6, 6.07) is 12.1. The number of hydrogen-bond acceptors (Lipinski definition) is 2. The molecule has 2 aromatic carbocycles. The van der Waals surface area contributed by atoms with Crippen molar-refractivity contribution in [2.75, 3.05) is 12.8 Å². The second kappa shape index (κ2) is 6.82. The number of hydrogen-bond donors (Lipinski definition) is 1. The van der Waals surface area contributed by atoms with Crippen molar-refractivity contribution in [3.05, 3.63) is 77.6 Å². The first kappa shape index (κ1) is 18.8. The third-order valence-corrected chi connectivity index (χ3v) is 7.35. The van der Waals surface area contributed by atoms with E-state index in [1.807, 2.05) is 30.5 Å². The molecule has 0 aliphatic carbocycles. The normalized spacial score (nSPS) is 19.6. The maximum absolute atomic E-state index is 14.4. The van der Waals surface area contributed by atoms with Gasteiger partial charge in [-0.2, -0.15) is 13.2 Å². The molecule has 1 atom stereocenters. The maximum atomic E-state index is 14.4. The molecule has 2 heterocycles. The van der Waals surface area contributed by atoms with E-state index in [-0.39, 0.29) is 11.6 Å². The van der Waals surface area contributed by atoms with Crippen molar-refractivity contribution in [1.29, 1.82) is 0 Å². The van der Waals surface area contributed by atoms with Crippen LogP contribution in [0.4, 0.5) is 17.6 Å². The van der Waals surface area contributed by atoms with Crippen molar-refractivity contribution in [2.24, 2.45) is 0 Å². The van der Waals surface area contributed by atoms with Gasteiger partial charge in [-0.25, -0.2) is 4.39 Å². The van der Waals surface area contributed by atoms with Gasteiger partial charge in [0.1, 0.15) is 12.4 Å². The van der Waals surface area contributed by atoms with Gasteiger partial charge in [0.05, 0.1) is 11.6 Å². The summed E-state index contributed by atoms with van der Waals surface area (Å²) in [6.07, 6.45) is -1.27. The molecular formula is C20H17F4N2OP. The molecule has 3 aromatic rings. The van der Waals surface area contributed by atoms with Crippen molar-refractivity contribution in [1.82, 2.24) is 9.88 Å². The monoisotopic (exact) mass is 408 g/mol. The van der Waals surface area contributed by atoms with Gasteiger partial charge in [-0.3, -0.25) is 0 Å². The fraction of sp³-hybridized carbons (Fsp3) is 0.200. The van der Waals surface area contributed by atoms with E-state index in [1.54, 1.807) is 6.07 Å². The number of H-pyrrole nitrogens is 1. The summed E-state index contributed by atoms with van der Waals surface area (Å²) in [5.41, 5.74) is 2.76. The van der Waals surface area contributed by atoms with Gasteiger partial charge in [-0.1, -0.05) is 18.2 Å². The van der Waals surface area contributed by atoms with Gasteiger partial charge in [0, 0.05) is 23.3 Å². The fourth-order valence-corrected chi connectivity index (χ4v) is 5.90. The zero-order valence-corrected chi connectivity index (χ0v) is 15.6. The average Bonchev–Trinajstić information content (AvgIpc) is 3.23. The molecule has 0 saturated heterocycles. The molecule has 1 aliphatic rings. The molecule has 146 valence electrons. The van der Waals surface area contributed by atoms with E-state index in [0.29, 0.717) is 6.42 Å². The van der Waals surface area contributed by atoms with Crippen LogP contribution in [0.1, 0.15) is 11.1 Å². The molecule has 1 unspecified atom stereocenters. The van der Waals surface area contributed by atoms with Gasteiger partial charge in [0.15, 0.2) is 7.14 Å². The van der Waals surface area contributed by atoms with Gasteiger partial charge in [-0.05, 0) is 47.6 Å². The van der Waals surface area contributed by atoms with Crippen LogP contribution in [0, 0.1) is 5.82 Å². The minimum absolute atomic E-state index is 0.0211. The molecule has 1 aromatic heterocycles. The third-order valence-electron chi connectivity index (χ3n) is 4.79. The summed E-state index contributed by atoms with van der Waals surface area (Å²) in [4.78, 5) is 4.05. The molecular weight excluding hydrogens is 391 g/mol. The highest BCUT2D eigenvalue weighted by molar-refractivity contribution is 7.74. The molecule has 8 heteroatoms. The number of aromatic nitrogens is 1. The smallest absolute Gasteiger partial charge is 0.361 e. The first-order valence-electron chi connectivity index (χ1n) is 8.66. The first-order chi connectivity index (χ1) is 13.2. The van der Waals surface area contributed by atoms with E-state index in [2.05, 4.69) is 4.98 Å². The third kappa shape index (κ3) is 3.72. The van der Waals surface area contributed by atoms with E-state index in [1.165, 1.54) is 17.9 Å². The summed E-state index contributed by atoms with van der Waals surface area (Å²) < 4.78 is 65.4. The number of fused-ring (bicyclic) bond motifs is 1. The Morgan fingerprint density at radius 1 is 1.14 bits per heavy atom. The first-order valence-corrected chi connectivity index (χ1v) is 10.6. The molecule has 3 nitrogen and oxygen atoms in total. The van der Waals surface area contributed by atoms with Crippen LogP contribution in [0.5, 0.6) is 0 Å². The van der Waals surface area contributed by atoms with E-state index in [9.17, 15) is 22.1 Å². The molecule has 1 aliphatic heterocycles. The Kier molecular flexibility index (Phi) is 4.58. The summed E-state index contributed by atoms with van der Waals surface area (Å²) in [5, 5.41) is 1.02. The van der Waals surface area contributed by atoms with Crippen LogP contribution in [-0.2, 0) is 11.0 Å². The van der Waals surface area contributed by atoms with Crippen LogP contribution >= 0.6 is 7.14 Å². The zero-order valence-electron chi connectivity index (χ0n) is 14.7. The second-order valence-corrected chi connectivity index (χ2v) is 9.57. The summed E-state index contributed by atoms with van der Waals surface area (Å²) >= 11 is 0. The zero-order chi connectivity index (χ0) is 19.9. The standard InChI is InChI=1S/C20H17F4N2OP/c21-17-5-4-14(10-15-2-1-3-18-16(15)6-7-25-18)11-19(17)28(27)9-8-26(13-28)12-20(22,23)24/h1-9,11,25H,10,12-13H2. The van der Waals surface area contributed by atoms with Crippen molar-refractivity contribution in [3.8, 4) is 0 Å². The number of benzene rings is 2. The van der Waals surface area contributed by atoms with Crippen molar-refractivity contribution >= 4 is 23.3 Å². The largest absolute Gasteiger partial charge is 0.405 e. The lowest BCUT2D eigenvalue weighted by Crippen LogP contribution is -2.29. The number of alkyl halides is 3. The molecule has 0 saturated carbocycles. The van der Waals surface area contributed by atoms with Crippen molar-refractivity contribution in [2.45, 2.75) is 12.6 Å². The molecule has 0 spiro atoms.